The molecule has 1 atom stereocenters. The maximum atomic E-state index is 9.28. The van der Waals surface area contributed by atoms with Crippen LogP contribution in [0.1, 0.15) is 26.7 Å². The van der Waals surface area contributed by atoms with Gasteiger partial charge < -0.3 is 15.9 Å². The third kappa shape index (κ3) is 3.82. The van der Waals surface area contributed by atoms with Crippen molar-refractivity contribution < 1.29 is 10.2 Å². The molecule has 0 aromatic rings. The zero-order valence-electron chi connectivity index (χ0n) is 6.67. The molecule has 0 amide bonds. The van der Waals surface area contributed by atoms with E-state index in [0.717, 1.165) is 0 Å². The molecule has 0 aromatic carbocycles. The van der Waals surface area contributed by atoms with Gasteiger partial charge in [-0.3, -0.25) is 0 Å². The van der Waals surface area contributed by atoms with E-state index in [1.165, 1.54) is 0 Å². The van der Waals surface area contributed by atoms with E-state index in [1.54, 1.807) is 13.8 Å². The Labute approximate surface area is 61.9 Å². The van der Waals surface area contributed by atoms with E-state index >= 15 is 0 Å². The first-order chi connectivity index (χ1) is 4.48. The Hall–Kier alpha value is -0.120. The number of hydrogen-bond donors (Lipinski definition) is 3. The highest BCUT2D eigenvalue weighted by atomic mass is 16.3. The van der Waals surface area contributed by atoms with Gasteiger partial charge in [-0.25, -0.2) is 0 Å². The second-order valence-electron chi connectivity index (χ2n) is 3.20. The van der Waals surface area contributed by atoms with Gasteiger partial charge in [-0.1, -0.05) is 0 Å². The summed E-state index contributed by atoms with van der Waals surface area (Å²) in [4.78, 5) is 0. The first-order valence-corrected chi connectivity index (χ1v) is 3.56. The van der Waals surface area contributed by atoms with Crippen molar-refractivity contribution in [3.8, 4) is 0 Å². The molecule has 0 fully saturated rings. The van der Waals surface area contributed by atoms with Gasteiger partial charge in [0, 0.05) is 12.1 Å². The lowest BCUT2D eigenvalue weighted by Crippen LogP contribution is -2.45. The first-order valence-electron chi connectivity index (χ1n) is 3.56. The Kier molecular flexibility index (Phi) is 3.86. The van der Waals surface area contributed by atoms with Gasteiger partial charge in [0.25, 0.3) is 0 Å². The lowest BCUT2D eigenvalue weighted by atomic mass is 9.95. The number of aliphatic hydroxyl groups excluding tert-OH is 2. The highest BCUT2D eigenvalue weighted by molar-refractivity contribution is 4.81. The van der Waals surface area contributed by atoms with Crippen molar-refractivity contribution in [3.05, 3.63) is 0 Å². The van der Waals surface area contributed by atoms with Gasteiger partial charge in [0.2, 0.25) is 0 Å². The predicted molar refractivity (Wildman–Crippen MR) is 40.6 cm³/mol. The largest absolute Gasteiger partial charge is 0.396 e. The molecule has 0 radical (unpaired) electrons. The third-order valence-electron chi connectivity index (χ3n) is 1.49. The van der Waals surface area contributed by atoms with Gasteiger partial charge in [0.1, 0.15) is 0 Å². The summed E-state index contributed by atoms with van der Waals surface area (Å²) in [5.41, 5.74) is 5.04. The van der Waals surface area contributed by atoms with E-state index in [9.17, 15) is 5.11 Å². The van der Waals surface area contributed by atoms with Crippen LogP contribution in [0.3, 0.4) is 0 Å². The van der Waals surface area contributed by atoms with Gasteiger partial charge in [-0.05, 0) is 26.7 Å². The Morgan fingerprint density at radius 3 is 2.30 bits per heavy atom. The van der Waals surface area contributed by atoms with Crippen molar-refractivity contribution in [2.24, 2.45) is 5.73 Å². The normalized spacial score (nSPS) is 15.3. The summed E-state index contributed by atoms with van der Waals surface area (Å²) in [6.07, 6.45) is 0.668. The minimum absolute atomic E-state index is 0.118. The van der Waals surface area contributed by atoms with Crippen LogP contribution in [0.4, 0.5) is 0 Å². The Morgan fingerprint density at radius 2 is 2.00 bits per heavy atom. The molecule has 4 N–H and O–H groups in total. The van der Waals surface area contributed by atoms with E-state index in [2.05, 4.69) is 0 Å². The Bertz CT molecular complexity index is 88.1. The highest BCUT2D eigenvalue weighted by Gasteiger charge is 2.21. The van der Waals surface area contributed by atoms with E-state index in [4.69, 9.17) is 10.8 Å². The van der Waals surface area contributed by atoms with Crippen LogP contribution >= 0.6 is 0 Å². The molecule has 0 bridgehead atoms. The van der Waals surface area contributed by atoms with Crippen LogP contribution in [0.2, 0.25) is 0 Å². The summed E-state index contributed by atoms with van der Waals surface area (Å²) < 4.78 is 0. The van der Waals surface area contributed by atoms with E-state index in [1.807, 2.05) is 0 Å². The average molecular weight is 147 g/mol. The lowest BCUT2D eigenvalue weighted by Gasteiger charge is -2.25. The topological polar surface area (TPSA) is 66.5 Å². The van der Waals surface area contributed by atoms with Crippen LogP contribution in [0.15, 0.2) is 0 Å². The number of hydrogen-bond acceptors (Lipinski definition) is 3. The van der Waals surface area contributed by atoms with Gasteiger partial charge >= 0.3 is 0 Å². The molecule has 0 saturated heterocycles. The van der Waals surface area contributed by atoms with Gasteiger partial charge in [-0.15, -0.1) is 0 Å². The summed E-state index contributed by atoms with van der Waals surface area (Å²) in [5, 5.41) is 17.7. The molecule has 0 aliphatic rings. The minimum Gasteiger partial charge on any atom is -0.396 e. The SMILES string of the molecule is CC(C)(N)C(O)CCCO. The summed E-state index contributed by atoms with van der Waals surface area (Å²) in [6, 6.07) is 0. The van der Waals surface area contributed by atoms with Crippen LogP contribution < -0.4 is 5.73 Å². The lowest BCUT2D eigenvalue weighted by molar-refractivity contribution is 0.0871. The standard InChI is InChI=1S/C7H17NO2/c1-7(2,8)6(10)4-3-5-9/h6,9-10H,3-5,8H2,1-2H3. The maximum Gasteiger partial charge on any atom is 0.0715 e. The smallest absolute Gasteiger partial charge is 0.0715 e. The van der Waals surface area contributed by atoms with E-state index in [-0.39, 0.29) is 6.61 Å². The first kappa shape index (κ1) is 9.88. The van der Waals surface area contributed by atoms with Crippen molar-refractivity contribution in [2.75, 3.05) is 6.61 Å². The second-order valence-corrected chi connectivity index (χ2v) is 3.20. The minimum atomic E-state index is -0.546. The third-order valence-corrected chi connectivity index (χ3v) is 1.49. The van der Waals surface area contributed by atoms with Gasteiger partial charge in [0.05, 0.1) is 6.10 Å². The molecule has 0 aliphatic carbocycles. The maximum absolute atomic E-state index is 9.28. The van der Waals surface area contributed by atoms with E-state index in [0.29, 0.717) is 12.8 Å². The zero-order chi connectivity index (χ0) is 8.20. The summed E-state index contributed by atoms with van der Waals surface area (Å²) >= 11 is 0. The highest BCUT2D eigenvalue weighted by Crippen LogP contribution is 2.09. The molecule has 62 valence electrons. The quantitative estimate of drug-likeness (QED) is 0.518. The Balaban J connectivity index is 3.52. The molecule has 10 heavy (non-hydrogen) atoms. The predicted octanol–water partition coefficient (Wildman–Crippen LogP) is -0.143. The van der Waals surface area contributed by atoms with Crippen molar-refractivity contribution in [1.29, 1.82) is 0 Å². The molecule has 0 saturated carbocycles. The zero-order valence-corrected chi connectivity index (χ0v) is 6.67. The number of rotatable bonds is 4. The average Bonchev–Trinajstić information content (AvgIpc) is 1.80. The van der Waals surface area contributed by atoms with Gasteiger partial charge in [-0.2, -0.15) is 0 Å². The fourth-order valence-corrected chi connectivity index (χ4v) is 0.657. The van der Waals surface area contributed by atoms with E-state index < -0.39 is 11.6 Å². The molecule has 0 aliphatic heterocycles. The van der Waals surface area contributed by atoms with Crippen molar-refractivity contribution in [3.63, 3.8) is 0 Å². The second kappa shape index (κ2) is 3.91. The van der Waals surface area contributed by atoms with Crippen molar-refractivity contribution in [1.82, 2.24) is 0 Å². The summed E-state index contributed by atoms with van der Waals surface area (Å²) in [5.74, 6) is 0. The number of aliphatic hydroxyl groups is 2. The summed E-state index contributed by atoms with van der Waals surface area (Å²) in [7, 11) is 0. The van der Waals surface area contributed by atoms with Crippen LogP contribution in [-0.2, 0) is 0 Å². The molecular weight excluding hydrogens is 130 g/mol. The molecule has 0 spiro atoms. The van der Waals surface area contributed by atoms with Crippen LogP contribution in [0.25, 0.3) is 0 Å². The molecule has 0 aromatic heterocycles. The van der Waals surface area contributed by atoms with Crippen molar-refractivity contribution in [2.45, 2.75) is 38.3 Å². The van der Waals surface area contributed by atoms with Crippen LogP contribution in [-0.4, -0.2) is 28.5 Å². The Morgan fingerprint density at radius 1 is 1.50 bits per heavy atom. The monoisotopic (exact) mass is 147 g/mol. The van der Waals surface area contributed by atoms with Crippen molar-refractivity contribution >= 4 is 0 Å². The molecule has 3 heteroatoms. The summed E-state index contributed by atoms with van der Waals surface area (Å²) in [6.45, 7) is 3.66. The molecular formula is C7H17NO2. The van der Waals surface area contributed by atoms with Gasteiger partial charge in [0.15, 0.2) is 0 Å². The molecule has 0 rings (SSSR count). The molecule has 0 heterocycles. The number of nitrogens with two attached hydrogens (primary N) is 1. The van der Waals surface area contributed by atoms with Crippen LogP contribution in [0.5, 0.6) is 0 Å². The molecule has 3 nitrogen and oxygen atoms in total. The fourth-order valence-electron chi connectivity index (χ4n) is 0.657. The molecule has 1 unspecified atom stereocenters. The fraction of sp³-hybridized carbons (Fsp3) is 1.00. The van der Waals surface area contributed by atoms with Crippen LogP contribution in [0, 0.1) is 0 Å².